The summed E-state index contributed by atoms with van der Waals surface area (Å²) in [6.45, 7) is 10.1. The summed E-state index contributed by atoms with van der Waals surface area (Å²) in [5.74, 6) is -0.442. The van der Waals surface area contributed by atoms with Crippen molar-refractivity contribution in [3.63, 3.8) is 0 Å². The van der Waals surface area contributed by atoms with Gasteiger partial charge in [-0.3, -0.25) is 0 Å². The number of fused-ring (bicyclic) bond motifs is 3. The number of hydrogen-bond donors (Lipinski definition) is 1. The van der Waals surface area contributed by atoms with Crippen LogP contribution in [0.4, 0.5) is 4.79 Å². The van der Waals surface area contributed by atoms with Crippen LogP contribution in [0.2, 0.25) is 0 Å². The summed E-state index contributed by atoms with van der Waals surface area (Å²) < 4.78 is 23.3. The van der Waals surface area contributed by atoms with Crippen molar-refractivity contribution in [1.82, 2.24) is 5.32 Å². The van der Waals surface area contributed by atoms with Gasteiger partial charge in [0.25, 0.3) is 0 Å². The first kappa shape index (κ1) is 28.6. The van der Waals surface area contributed by atoms with Gasteiger partial charge in [-0.25, -0.2) is 9.59 Å². The third-order valence-electron chi connectivity index (χ3n) is 8.36. The van der Waals surface area contributed by atoms with Gasteiger partial charge in [-0.2, -0.15) is 0 Å². The van der Waals surface area contributed by atoms with Crippen LogP contribution in [0.5, 0.6) is 0 Å². The zero-order valence-corrected chi connectivity index (χ0v) is 24.4. The third-order valence-corrected chi connectivity index (χ3v) is 8.36. The molecule has 1 aliphatic carbocycles. The molecule has 0 spiro atoms. The zero-order valence-electron chi connectivity index (χ0n) is 24.4. The Bertz CT molecular complexity index is 1450. The lowest BCUT2D eigenvalue weighted by atomic mass is 9.77. The molecule has 1 amide bonds. The van der Waals surface area contributed by atoms with Gasteiger partial charge in [0, 0.05) is 12.5 Å². The molecule has 1 saturated heterocycles. The highest BCUT2D eigenvalue weighted by Gasteiger charge is 2.52. The van der Waals surface area contributed by atoms with Gasteiger partial charge >= 0.3 is 19.2 Å². The van der Waals surface area contributed by atoms with Crippen LogP contribution in [0.25, 0.3) is 17.2 Å². The average Bonchev–Trinajstić information content (AvgIpc) is 3.39. The van der Waals surface area contributed by atoms with Gasteiger partial charge in [0.1, 0.15) is 6.61 Å². The number of aryl methyl sites for hydroxylation is 1. The van der Waals surface area contributed by atoms with Crippen LogP contribution in [0, 0.1) is 6.92 Å². The van der Waals surface area contributed by atoms with Gasteiger partial charge in [0.05, 0.1) is 23.9 Å². The monoisotopic (exact) mass is 553 g/mol. The molecule has 0 radical (unpaired) electrons. The highest BCUT2D eigenvalue weighted by Crippen LogP contribution is 2.44. The van der Waals surface area contributed by atoms with Crippen molar-refractivity contribution < 1.29 is 28.4 Å². The van der Waals surface area contributed by atoms with Crippen molar-refractivity contribution in [2.75, 3.05) is 20.3 Å². The molecule has 5 rings (SSSR count). The van der Waals surface area contributed by atoms with Crippen LogP contribution < -0.4 is 5.32 Å². The van der Waals surface area contributed by atoms with Gasteiger partial charge in [-0.15, -0.1) is 0 Å². The second-order valence-corrected chi connectivity index (χ2v) is 11.6. The van der Waals surface area contributed by atoms with E-state index in [1.165, 1.54) is 18.2 Å². The number of rotatable bonds is 7. The molecular weight excluding hydrogens is 517 g/mol. The maximum atomic E-state index is 13.0. The summed E-state index contributed by atoms with van der Waals surface area (Å²) in [5, 5.41) is 2.89. The molecule has 7 nitrogen and oxygen atoms in total. The van der Waals surface area contributed by atoms with E-state index in [0.717, 1.165) is 22.3 Å². The van der Waals surface area contributed by atoms with Crippen LogP contribution in [0.3, 0.4) is 0 Å². The number of nitrogens with one attached hydrogen (secondary N) is 1. The van der Waals surface area contributed by atoms with E-state index in [4.69, 9.17) is 18.8 Å². The van der Waals surface area contributed by atoms with Gasteiger partial charge in [-0.1, -0.05) is 66.7 Å². The molecule has 1 N–H and O–H groups in total. The van der Waals surface area contributed by atoms with Gasteiger partial charge in [0.2, 0.25) is 0 Å². The molecule has 1 heterocycles. The second kappa shape index (κ2) is 11.2. The SMILES string of the molecule is COC(=O)c1cc(C=C(CNC(=O)OCC2c3ccccc3-c3ccccc32)B2OC(C)(C)C(C)(C)O2)ccc1C. The Morgan fingerprint density at radius 3 is 2.10 bits per heavy atom. The van der Waals surface area contributed by atoms with Gasteiger partial charge in [0.15, 0.2) is 0 Å². The number of benzene rings is 3. The number of ether oxygens (including phenoxy) is 2. The summed E-state index contributed by atoms with van der Waals surface area (Å²) in [5.41, 5.74) is 6.25. The highest BCUT2D eigenvalue weighted by molar-refractivity contribution is 6.56. The first-order chi connectivity index (χ1) is 19.5. The molecule has 41 heavy (non-hydrogen) atoms. The minimum absolute atomic E-state index is 0.0319. The summed E-state index contributed by atoms with van der Waals surface area (Å²) in [4.78, 5) is 25.3. The van der Waals surface area contributed by atoms with E-state index in [-0.39, 0.29) is 19.1 Å². The number of carbonyl (C=O) groups is 2. The lowest BCUT2D eigenvalue weighted by molar-refractivity contribution is 0.00578. The standard InChI is InChI=1S/C33H36BNO6/c1-21-15-16-22(18-28(21)30(36)38-6)17-23(34-40-32(2,3)33(4,5)41-34)19-35-31(37)39-20-29-26-13-9-7-11-24(26)25-12-8-10-14-27(25)29/h7-18,29H,19-20H2,1-6H3,(H,35,37). The molecular formula is C33H36BNO6. The van der Waals surface area contributed by atoms with Crippen molar-refractivity contribution in [2.45, 2.75) is 51.7 Å². The van der Waals surface area contributed by atoms with Crippen LogP contribution in [-0.2, 0) is 18.8 Å². The van der Waals surface area contributed by atoms with Crippen LogP contribution in [0.1, 0.15) is 66.2 Å². The average molecular weight is 553 g/mol. The molecule has 2 aliphatic rings. The first-order valence-electron chi connectivity index (χ1n) is 13.8. The molecule has 3 aromatic carbocycles. The quantitative estimate of drug-likeness (QED) is 0.272. The molecule has 0 aromatic heterocycles. The number of alkyl carbamates (subject to hydrolysis) is 1. The van der Waals surface area contributed by atoms with E-state index in [9.17, 15) is 9.59 Å². The summed E-state index contributed by atoms with van der Waals surface area (Å²) in [6.07, 6.45) is 1.34. The predicted molar refractivity (Wildman–Crippen MR) is 160 cm³/mol. The second-order valence-electron chi connectivity index (χ2n) is 11.6. The number of carbonyl (C=O) groups excluding carboxylic acids is 2. The Kier molecular flexibility index (Phi) is 7.81. The summed E-state index contributed by atoms with van der Waals surface area (Å²) >= 11 is 0. The minimum atomic E-state index is -0.697. The normalized spacial score (nSPS) is 17.1. The fraction of sp³-hybridized carbons (Fsp3) is 0.333. The fourth-order valence-corrected chi connectivity index (χ4v) is 5.29. The van der Waals surface area contributed by atoms with Crippen molar-refractivity contribution in [3.8, 4) is 11.1 Å². The van der Waals surface area contributed by atoms with Crippen LogP contribution in [0.15, 0.2) is 72.2 Å². The Balaban J connectivity index is 1.33. The Hall–Kier alpha value is -3.88. The largest absolute Gasteiger partial charge is 0.492 e. The minimum Gasteiger partial charge on any atom is -0.465 e. The van der Waals surface area contributed by atoms with E-state index in [1.807, 2.05) is 77.1 Å². The van der Waals surface area contributed by atoms with Crippen molar-refractivity contribution in [1.29, 1.82) is 0 Å². The molecule has 8 heteroatoms. The third kappa shape index (κ3) is 5.67. The fourth-order valence-electron chi connectivity index (χ4n) is 5.29. The Labute approximate surface area is 242 Å². The van der Waals surface area contributed by atoms with Crippen molar-refractivity contribution in [2.24, 2.45) is 0 Å². The first-order valence-corrected chi connectivity index (χ1v) is 13.8. The molecule has 0 saturated carbocycles. The van der Waals surface area contributed by atoms with Crippen LogP contribution >= 0.6 is 0 Å². The maximum Gasteiger partial charge on any atom is 0.492 e. The predicted octanol–water partition coefficient (Wildman–Crippen LogP) is 6.34. The Morgan fingerprint density at radius 2 is 1.51 bits per heavy atom. The van der Waals surface area contributed by atoms with Crippen molar-refractivity contribution in [3.05, 3.63) is 100 Å². The smallest absolute Gasteiger partial charge is 0.465 e. The molecule has 0 unspecified atom stereocenters. The summed E-state index contributed by atoms with van der Waals surface area (Å²) in [6, 6.07) is 22.0. The lowest BCUT2D eigenvalue weighted by Gasteiger charge is -2.32. The van der Waals surface area contributed by atoms with E-state index < -0.39 is 30.4 Å². The van der Waals surface area contributed by atoms with E-state index >= 15 is 0 Å². The van der Waals surface area contributed by atoms with E-state index in [1.54, 1.807) is 6.07 Å². The zero-order chi connectivity index (χ0) is 29.4. The summed E-state index contributed by atoms with van der Waals surface area (Å²) in [7, 11) is 0.662. The molecule has 3 aromatic rings. The number of amides is 1. The van der Waals surface area contributed by atoms with E-state index in [0.29, 0.717) is 11.0 Å². The molecule has 1 fully saturated rings. The number of esters is 1. The van der Waals surface area contributed by atoms with Gasteiger partial charge < -0.3 is 24.1 Å². The lowest BCUT2D eigenvalue weighted by Crippen LogP contribution is -2.41. The molecule has 212 valence electrons. The molecule has 0 atom stereocenters. The van der Waals surface area contributed by atoms with Crippen molar-refractivity contribution >= 4 is 25.3 Å². The van der Waals surface area contributed by atoms with Crippen LogP contribution in [-0.4, -0.2) is 50.6 Å². The highest BCUT2D eigenvalue weighted by atomic mass is 16.7. The topological polar surface area (TPSA) is 83.1 Å². The Morgan fingerprint density at radius 1 is 0.927 bits per heavy atom. The maximum absolute atomic E-state index is 13.0. The number of hydrogen-bond acceptors (Lipinski definition) is 6. The van der Waals surface area contributed by atoms with E-state index in [2.05, 4.69) is 29.6 Å². The molecule has 0 bridgehead atoms. The van der Waals surface area contributed by atoms with Gasteiger partial charge in [-0.05, 0) is 79.5 Å². The molecule has 1 aliphatic heterocycles. The number of methoxy groups -OCH3 is 1.